The number of nitrogens with one attached hydrogen (secondary N) is 1. The van der Waals surface area contributed by atoms with Gasteiger partial charge >= 0.3 is 5.97 Å². The third-order valence-corrected chi connectivity index (χ3v) is 4.36. The maximum atomic E-state index is 12.1. The van der Waals surface area contributed by atoms with Crippen LogP contribution in [-0.2, 0) is 9.53 Å². The summed E-state index contributed by atoms with van der Waals surface area (Å²) in [6.45, 7) is 1.55. The van der Waals surface area contributed by atoms with Gasteiger partial charge in [-0.3, -0.25) is 9.78 Å². The Hall–Kier alpha value is -2.73. The van der Waals surface area contributed by atoms with Gasteiger partial charge in [0.15, 0.2) is 6.61 Å². The minimum absolute atomic E-state index is 0.196. The number of carbonyl (C=O) groups is 2. The van der Waals surface area contributed by atoms with Crippen LogP contribution in [0.15, 0.2) is 65.4 Å². The van der Waals surface area contributed by atoms with E-state index in [1.54, 1.807) is 12.3 Å². The lowest BCUT2D eigenvalue weighted by Gasteiger charge is -2.15. The first-order valence-corrected chi connectivity index (χ1v) is 8.88. The van der Waals surface area contributed by atoms with Crippen molar-refractivity contribution in [1.29, 1.82) is 0 Å². The van der Waals surface area contributed by atoms with Gasteiger partial charge in [0.2, 0.25) is 0 Å². The summed E-state index contributed by atoms with van der Waals surface area (Å²) < 4.78 is 5.71. The summed E-state index contributed by atoms with van der Waals surface area (Å²) in [5.74, 6) is -0.950. The number of nitrogens with zero attached hydrogens (tertiary/aromatic N) is 1. The van der Waals surface area contributed by atoms with Gasteiger partial charge in [-0.1, -0.05) is 36.4 Å². The first kappa shape index (κ1) is 18.1. The van der Waals surface area contributed by atoms with Gasteiger partial charge in [0, 0.05) is 16.9 Å². The van der Waals surface area contributed by atoms with Gasteiger partial charge in [0.1, 0.15) is 0 Å². The lowest BCUT2D eigenvalue weighted by Crippen LogP contribution is -2.31. The molecule has 0 saturated heterocycles. The first-order valence-electron chi connectivity index (χ1n) is 8.08. The maximum absolute atomic E-state index is 12.1. The second-order valence-corrected chi connectivity index (χ2v) is 6.78. The smallest absolute Gasteiger partial charge is 0.340 e. The average molecular weight is 413 g/mol. The molecule has 26 heavy (non-hydrogen) atoms. The SMILES string of the molecule is CC(NC(=O)COC(=O)c1cncc(Br)c1)c1ccc2ccccc2c1. The zero-order valence-corrected chi connectivity index (χ0v) is 15.7. The first-order chi connectivity index (χ1) is 12.5. The van der Waals surface area contributed by atoms with Crippen LogP contribution < -0.4 is 5.32 Å². The van der Waals surface area contributed by atoms with E-state index in [4.69, 9.17) is 4.74 Å². The van der Waals surface area contributed by atoms with Gasteiger partial charge in [0.05, 0.1) is 11.6 Å². The molecule has 5 nitrogen and oxygen atoms in total. The van der Waals surface area contributed by atoms with Crippen molar-refractivity contribution in [2.45, 2.75) is 13.0 Å². The topological polar surface area (TPSA) is 68.3 Å². The number of ether oxygens (including phenoxy) is 1. The molecule has 132 valence electrons. The molecule has 0 saturated carbocycles. The molecule has 0 fully saturated rings. The van der Waals surface area contributed by atoms with Crippen LogP contribution >= 0.6 is 15.9 Å². The Bertz CT molecular complexity index is 958. The van der Waals surface area contributed by atoms with E-state index in [-0.39, 0.29) is 24.1 Å². The van der Waals surface area contributed by atoms with Crippen LogP contribution in [0.5, 0.6) is 0 Å². The number of aromatic nitrogens is 1. The van der Waals surface area contributed by atoms with E-state index >= 15 is 0 Å². The normalized spacial score (nSPS) is 11.8. The number of hydrogen-bond acceptors (Lipinski definition) is 4. The number of esters is 1. The molecule has 0 bridgehead atoms. The highest BCUT2D eigenvalue weighted by molar-refractivity contribution is 9.10. The summed E-state index contributed by atoms with van der Waals surface area (Å²) >= 11 is 3.24. The van der Waals surface area contributed by atoms with Crippen LogP contribution in [0.2, 0.25) is 0 Å². The molecule has 1 amide bonds. The van der Waals surface area contributed by atoms with Gasteiger partial charge in [0.25, 0.3) is 5.91 Å². The molecule has 1 heterocycles. The standard InChI is InChI=1S/C20H17BrN2O3/c1-13(15-7-6-14-4-2-3-5-16(14)8-15)23-19(24)12-26-20(25)17-9-18(21)11-22-10-17/h2-11,13H,12H2,1H3,(H,23,24). The van der Waals surface area contributed by atoms with E-state index in [0.717, 1.165) is 16.3 Å². The van der Waals surface area contributed by atoms with Gasteiger partial charge in [-0.25, -0.2) is 4.79 Å². The van der Waals surface area contributed by atoms with Crippen molar-refractivity contribution in [2.75, 3.05) is 6.61 Å². The predicted molar refractivity (Wildman–Crippen MR) is 103 cm³/mol. The van der Waals surface area contributed by atoms with Gasteiger partial charge < -0.3 is 10.1 Å². The van der Waals surface area contributed by atoms with E-state index < -0.39 is 5.97 Å². The van der Waals surface area contributed by atoms with Crippen LogP contribution in [0.25, 0.3) is 10.8 Å². The van der Waals surface area contributed by atoms with Crippen molar-refractivity contribution in [3.05, 3.63) is 76.5 Å². The largest absolute Gasteiger partial charge is 0.452 e. The average Bonchev–Trinajstić information content (AvgIpc) is 2.65. The Balaban J connectivity index is 1.57. The van der Waals surface area contributed by atoms with Crippen molar-refractivity contribution < 1.29 is 14.3 Å². The molecule has 1 aromatic heterocycles. The third kappa shape index (κ3) is 4.46. The molecule has 0 radical (unpaired) electrons. The summed E-state index contributed by atoms with van der Waals surface area (Å²) in [6.07, 6.45) is 2.96. The summed E-state index contributed by atoms with van der Waals surface area (Å²) in [6, 6.07) is 15.5. The third-order valence-electron chi connectivity index (χ3n) is 3.93. The highest BCUT2D eigenvalue weighted by Gasteiger charge is 2.14. The van der Waals surface area contributed by atoms with E-state index in [1.807, 2.05) is 49.4 Å². The molecular weight excluding hydrogens is 396 g/mol. The second-order valence-electron chi connectivity index (χ2n) is 5.86. The van der Waals surface area contributed by atoms with Crippen molar-refractivity contribution >= 4 is 38.6 Å². The lowest BCUT2D eigenvalue weighted by atomic mass is 10.0. The molecule has 1 unspecified atom stereocenters. The minimum atomic E-state index is -0.590. The molecule has 3 rings (SSSR count). The number of pyridine rings is 1. The molecule has 1 N–H and O–H groups in total. The highest BCUT2D eigenvalue weighted by Crippen LogP contribution is 2.20. The van der Waals surface area contributed by atoms with Crippen LogP contribution in [-0.4, -0.2) is 23.5 Å². The Morgan fingerprint density at radius 1 is 1.12 bits per heavy atom. The van der Waals surface area contributed by atoms with E-state index in [1.165, 1.54) is 6.20 Å². The molecule has 0 spiro atoms. The quantitative estimate of drug-likeness (QED) is 0.642. The van der Waals surface area contributed by atoms with Crippen LogP contribution in [0.3, 0.4) is 0 Å². The number of fused-ring (bicyclic) bond motifs is 1. The zero-order chi connectivity index (χ0) is 18.5. The zero-order valence-electron chi connectivity index (χ0n) is 14.1. The number of amides is 1. The summed E-state index contributed by atoms with van der Waals surface area (Å²) in [4.78, 5) is 27.9. The predicted octanol–water partition coefficient (Wildman–Crippen LogP) is 4.03. The van der Waals surface area contributed by atoms with Crippen molar-refractivity contribution in [3.8, 4) is 0 Å². The molecule has 0 aliphatic rings. The van der Waals surface area contributed by atoms with Crippen molar-refractivity contribution in [3.63, 3.8) is 0 Å². The Morgan fingerprint density at radius 3 is 2.65 bits per heavy atom. The van der Waals surface area contributed by atoms with E-state index in [9.17, 15) is 9.59 Å². The Kier molecular flexibility index (Phi) is 5.63. The number of benzene rings is 2. The van der Waals surface area contributed by atoms with Gasteiger partial charge in [-0.2, -0.15) is 0 Å². The van der Waals surface area contributed by atoms with Crippen LogP contribution in [0, 0.1) is 0 Å². The van der Waals surface area contributed by atoms with Crippen molar-refractivity contribution in [1.82, 2.24) is 10.3 Å². The van der Waals surface area contributed by atoms with Crippen LogP contribution in [0.1, 0.15) is 28.9 Å². The van der Waals surface area contributed by atoms with E-state index in [2.05, 4.69) is 26.2 Å². The lowest BCUT2D eigenvalue weighted by molar-refractivity contribution is -0.124. The molecular formula is C20H17BrN2O3. The fourth-order valence-electron chi connectivity index (χ4n) is 2.58. The van der Waals surface area contributed by atoms with Gasteiger partial charge in [-0.05, 0) is 51.3 Å². The van der Waals surface area contributed by atoms with E-state index in [0.29, 0.717) is 4.47 Å². The Labute approximate surface area is 159 Å². The molecule has 6 heteroatoms. The molecule has 0 aliphatic carbocycles. The number of rotatable bonds is 5. The fraction of sp³-hybridized carbons (Fsp3) is 0.150. The molecule has 2 aromatic carbocycles. The maximum Gasteiger partial charge on any atom is 0.340 e. The number of halogens is 1. The van der Waals surface area contributed by atoms with Gasteiger partial charge in [-0.15, -0.1) is 0 Å². The molecule has 1 atom stereocenters. The van der Waals surface area contributed by atoms with Crippen LogP contribution in [0.4, 0.5) is 0 Å². The summed E-state index contributed by atoms with van der Waals surface area (Å²) in [5.41, 5.74) is 1.27. The fourth-order valence-corrected chi connectivity index (χ4v) is 2.95. The Morgan fingerprint density at radius 2 is 1.88 bits per heavy atom. The monoisotopic (exact) mass is 412 g/mol. The second kappa shape index (κ2) is 8.10. The minimum Gasteiger partial charge on any atom is -0.452 e. The number of hydrogen-bond donors (Lipinski definition) is 1. The number of carbonyl (C=O) groups excluding carboxylic acids is 2. The summed E-state index contributed by atoms with van der Waals surface area (Å²) in [7, 11) is 0. The van der Waals surface area contributed by atoms with Crippen molar-refractivity contribution in [2.24, 2.45) is 0 Å². The molecule has 3 aromatic rings. The highest BCUT2D eigenvalue weighted by atomic mass is 79.9. The summed E-state index contributed by atoms with van der Waals surface area (Å²) in [5, 5.41) is 5.09. The molecule has 0 aliphatic heterocycles.